The van der Waals surface area contributed by atoms with Gasteiger partial charge in [0.1, 0.15) is 11.7 Å². The molecule has 1 unspecified atom stereocenters. The number of aliphatic imine (C=N–C) groups is 1. The van der Waals surface area contributed by atoms with Gasteiger partial charge in [0.2, 0.25) is 0 Å². The number of benzene rings is 3. The lowest BCUT2D eigenvalue weighted by Crippen LogP contribution is -2.39. The number of ketones is 1. The van der Waals surface area contributed by atoms with E-state index in [2.05, 4.69) is 18.2 Å². The van der Waals surface area contributed by atoms with Crippen LogP contribution in [0, 0.1) is 5.92 Å². The molecule has 4 atom stereocenters. The van der Waals surface area contributed by atoms with Crippen molar-refractivity contribution in [3.63, 3.8) is 0 Å². The lowest BCUT2D eigenvalue weighted by atomic mass is 9.68. The predicted molar refractivity (Wildman–Crippen MR) is 146 cm³/mol. The summed E-state index contributed by atoms with van der Waals surface area (Å²) in [7, 11) is 1.64. The van der Waals surface area contributed by atoms with E-state index in [0.717, 1.165) is 39.8 Å². The van der Waals surface area contributed by atoms with Crippen LogP contribution < -0.4 is 4.74 Å². The Morgan fingerprint density at radius 3 is 2.49 bits per heavy atom. The molecule has 0 bridgehead atoms. The molecule has 0 saturated heterocycles. The molecule has 2 aliphatic rings. The Bertz CT molecular complexity index is 1400. The molecule has 1 heterocycles. The number of ether oxygens (including phenoxy) is 2. The molecule has 5 rings (SSSR count). The summed E-state index contributed by atoms with van der Waals surface area (Å²) in [5.41, 5.74) is 4.22. The molecule has 5 heteroatoms. The molecule has 0 saturated carbocycles. The standard InChI is InChI=1S/C32H33NO4/c1-5-19(2)37-32(35)29-20(3)33-27-17-23(21-13-15-24(36-4)16-14-21)18-28(34)31(27)30(29)26-12-8-10-22-9-6-7-11-25(22)26/h6-16,19,23,29-30H,5,17-18H2,1-4H3/t19-,23-,29?,30+/m1/s1. The largest absolute Gasteiger partial charge is 0.497 e. The second-order valence-corrected chi connectivity index (χ2v) is 10.1. The minimum absolute atomic E-state index is 0.0329. The predicted octanol–water partition coefficient (Wildman–Crippen LogP) is 6.77. The average Bonchev–Trinajstić information content (AvgIpc) is 2.91. The molecule has 0 N–H and O–H groups in total. The van der Waals surface area contributed by atoms with E-state index in [9.17, 15) is 9.59 Å². The molecule has 0 spiro atoms. The highest BCUT2D eigenvalue weighted by atomic mass is 16.5. The molecule has 1 aliphatic carbocycles. The van der Waals surface area contributed by atoms with Gasteiger partial charge in [-0.1, -0.05) is 61.5 Å². The maximum absolute atomic E-state index is 13.9. The van der Waals surface area contributed by atoms with Gasteiger partial charge in [0.05, 0.1) is 13.2 Å². The Hall–Kier alpha value is -3.73. The van der Waals surface area contributed by atoms with Gasteiger partial charge in [0.25, 0.3) is 0 Å². The van der Waals surface area contributed by atoms with Crippen molar-refractivity contribution in [2.75, 3.05) is 7.11 Å². The van der Waals surface area contributed by atoms with Gasteiger partial charge in [0.15, 0.2) is 5.78 Å². The summed E-state index contributed by atoms with van der Waals surface area (Å²) in [5.74, 6) is -0.510. The first kappa shape index (κ1) is 24.9. The topological polar surface area (TPSA) is 65.0 Å². The first-order valence-corrected chi connectivity index (χ1v) is 13.0. The summed E-state index contributed by atoms with van der Waals surface area (Å²) in [4.78, 5) is 32.4. The van der Waals surface area contributed by atoms with Crippen LogP contribution in [0.4, 0.5) is 0 Å². The zero-order valence-corrected chi connectivity index (χ0v) is 21.9. The summed E-state index contributed by atoms with van der Waals surface area (Å²) in [6.45, 7) is 5.79. The van der Waals surface area contributed by atoms with E-state index in [1.165, 1.54) is 0 Å². The van der Waals surface area contributed by atoms with Crippen LogP contribution in [0.5, 0.6) is 5.75 Å². The summed E-state index contributed by atoms with van der Waals surface area (Å²) in [6, 6.07) is 22.1. The highest BCUT2D eigenvalue weighted by molar-refractivity contribution is 6.10. The van der Waals surface area contributed by atoms with Gasteiger partial charge < -0.3 is 9.47 Å². The highest BCUT2D eigenvalue weighted by Gasteiger charge is 2.45. The van der Waals surface area contributed by atoms with Crippen LogP contribution in [0.3, 0.4) is 0 Å². The number of nitrogens with zero attached hydrogens (tertiary/aromatic N) is 1. The van der Waals surface area contributed by atoms with E-state index in [1.807, 2.05) is 69.3 Å². The zero-order valence-electron chi connectivity index (χ0n) is 21.9. The SMILES string of the molecule is CC[C@@H](C)OC(=O)C1C(C)=NC2=C(C(=O)C[C@H](c3ccc(OC)cc3)C2)[C@H]1c1cccc2ccccc12. The Morgan fingerprint density at radius 1 is 1.03 bits per heavy atom. The van der Waals surface area contributed by atoms with Gasteiger partial charge in [-0.05, 0) is 66.6 Å². The lowest BCUT2D eigenvalue weighted by Gasteiger charge is -2.37. The monoisotopic (exact) mass is 495 g/mol. The number of hydrogen-bond acceptors (Lipinski definition) is 5. The van der Waals surface area contributed by atoms with Gasteiger partial charge in [-0.25, -0.2) is 0 Å². The van der Waals surface area contributed by atoms with E-state index >= 15 is 0 Å². The van der Waals surface area contributed by atoms with Crippen molar-refractivity contribution in [1.29, 1.82) is 0 Å². The van der Waals surface area contributed by atoms with Gasteiger partial charge in [-0.2, -0.15) is 0 Å². The Morgan fingerprint density at radius 2 is 1.76 bits per heavy atom. The van der Waals surface area contributed by atoms with E-state index in [-0.39, 0.29) is 23.8 Å². The van der Waals surface area contributed by atoms with Crippen molar-refractivity contribution in [3.05, 3.63) is 89.1 Å². The molecular weight excluding hydrogens is 462 g/mol. The minimum atomic E-state index is -0.639. The molecule has 5 nitrogen and oxygen atoms in total. The Kier molecular flexibility index (Phi) is 6.96. The fraction of sp³-hybridized carbons (Fsp3) is 0.344. The average molecular weight is 496 g/mol. The normalized spacial score (nSPS) is 22.3. The smallest absolute Gasteiger partial charge is 0.315 e. The van der Waals surface area contributed by atoms with Crippen LogP contribution in [-0.4, -0.2) is 30.7 Å². The molecule has 3 aromatic carbocycles. The van der Waals surface area contributed by atoms with Gasteiger partial charge >= 0.3 is 5.97 Å². The maximum Gasteiger partial charge on any atom is 0.315 e. The van der Waals surface area contributed by atoms with E-state index < -0.39 is 11.8 Å². The summed E-state index contributed by atoms with van der Waals surface area (Å²) < 4.78 is 11.1. The fourth-order valence-electron chi connectivity index (χ4n) is 5.69. The van der Waals surface area contributed by atoms with E-state index in [1.54, 1.807) is 7.11 Å². The van der Waals surface area contributed by atoms with Crippen molar-refractivity contribution in [2.45, 2.75) is 58.0 Å². The molecule has 37 heavy (non-hydrogen) atoms. The molecule has 0 fully saturated rings. The number of hydrogen-bond donors (Lipinski definition) is 0. The lowest BCUT2D eigenvalue weighted by molar-refractivity contribution is -0.151. The molecule has 0 aromatic heterocycles. The van der Waals surface area contributed by atoms with E-state index in [0.29, 0.717) is 24.1 Å². The molecule has 0 amide bonds. The third-order valence-electron chi connectivity index (χ3n) is 7.78. The second kappa shape index (κ2) is 10.3. The first-order valence-electron chi connectivity index (χ1n) is 13.0. The Labute approximate surface area is 218 Å². The second-order valence-electron chi connectivity index (χ2n) is 10.1. The number of allylic oxidation sites excluding steroid dienone is 2. The van der Waals surface area contributed by atoms with Crippen LogP contribution in [0.25, 0.3) is 10.8 Å². The third-order valence-corrected chi connectivity index (χ3v) is 7.78. The van der Waals surface area contributed by atoms with Crippen molar-refractivity contribution in [2.24, 2.45) is 10.9 Å². The number of Topliss-reactive ketones (excluding diaryl/α,β-unsaturated/α-hetero) is 1. The van der Waals surface area contributed by atoms with Gasteiger partial charge in [-0.15, -0.1) is 0 Å². The number of carbonyl (C=O) groups is 2. The third kappa shape index (κ3) is 4.71. The molecule has 190 valence electrons. The molecule has 3 aromatic rings. The van der Waals surface area contributed by atoms with Crippen LogP contribution in [0.15, 0.2) is 83.0 Å². The van der Waals surface area contributed by atoms with E-state index in [4.69, 9.17) is 14.5 Å². The summed E-state index contributed by atoms with van der Waals surface area (Å²) in [6.07, 6.45) is 1.56. The molecular formula is C32H33NO4. The summed E-state index contributed by atoms with van der Waals surface area (Å²) in [5, 5.41) is 2.12. The van der Waals surface area contributed by atoms with Crippen molar-refractivity contribution in [1.82, 2.24) is 0 Å². The van der Waals surface area contributed by atoms with Gasteiger partial charge in [0, 0.05) is 29.3 Å². The number of methoxy groups -OCH3 is 1. The molecule has 1 aliphatic heterocycles. The van der Waals surface area contributed by atoms with Crippen LogP contribution in [-0.2, 0) is 14.3 Å². The molecule has 0 radical (unpaired) electrons. The number of rotatable bonds is 6. The Balaban J connectivity index is 1.62. The van der Waals surface area contributed by atoms with Crippen molar-refractivity contribution >= 4 is 28.2 Å². The van der Waals surface area contributed by atoms with Crippen molar-refractivity contribution < 1.29 is 19.1 Å². The maximum atomic E-state index is 13.9. The van der Waals surface area contributed by atoms with Crippen LogP contribution >= 0.6 is 0 Å². The minimum Gasteiger partial charge on any atom is -0.497 e. The number of fused-ring (bicyclic) bond motifs is 1. The number of carbonyl (C=O) groups excluding carboxylic acids is 2. The quantitative estimate of drug-likeness (QED) is 0.354. The van der Waals surface area contributed by atoms with Gasteiger partial charge in [-0.3, -0.25) is 14.6 Å². The first-order chi connectivity index (χ1) is 17.9. The fourth-order valence-corrected chi connectivity index (χ4v) is 5.69. The zero-order chi connectivity index (χ0) is 26.1. The van der Waals surface area contributed by atoms with Crippen LogP contribution in [0.2, 0.25) is 0 Å². The number of esters is 1. The highest BCUT2D eigenvalue weighted by Crippen LogP contribution is 2.48. The van der Waals surface area contributed by atoms with Crippen molar-refractivity contribution in [3.8, 4) is 5.75 Å². The van der Waals surface area contributed by atoms with Crippen LogP contribution in [0.1, 0.15) is 63.0 Å². The summed E-state index contributed by atoms with van der Waals surface area (Å²) >= 11 is 0.